The van der Waals surface area contributed by atoms with Crippen LogP contribution in [0.3, 0.4) is 0 Å². The fourth-order valence-electron chi connectivity index (χ4n) is 4.92. The number of hydrogen-bond acceptors (Lipinski definition) is 8. The van der Waals surface area contributed by atoms with E-state index in [-0.39, 0.29) is 24.2 Å². The third-order valence-electron chi connectivity index (χ3n) is 6.48. The van der Waals surface area contributed by atoms with Gasteiger partial charge >= 0.3 is 5.97 Å². The number of pyridine rings is 1. The highest BCUT2D eigenvalue weighted by atomic mass is 16.5. The van der Waals surface area contributed by atoms with Gasteiger partial charge in [0, 0.05) is 25.3 Å². The molecule has 188 valence electrons. The molecule has 2 atom stereocenters. The predicted molar refractivity (Wildman–Crippen MR) is 131 cm³/mol. The summed E-state index contributed by atoms with van der Waals surface area (Å²) in [4.78, 5) is 30.5. The van der Waals surface area contributed by atoms with E-state index in [1.807, 2.05) is 19.9 Å². The Hall–Kier alpha value is -3.11. The molecule has 1 aliphatic rings. The molecular weight excluding hydrogens is 448 g/mol. The third kappa shape index (κ3) is 5.76. The predicted octanol–water partition coefficient (Wildman–Crippen LogP) is 2.83. The van der Waals surface area contributed by atoms with E-state index in [0.717, 1.165) is 41.5 Å². The van der Waals surface area contributed by atoms with Crippen LogP contribution in [0.4, 0.5) is 0 Å². The minimum Gasteiger partial charge on any atom is -0.465 e. The van der Waals surface area contributed by atoms with Crippen molar-refractivity contribution < 1.29 is 14.3 Å². The van der Waals surface area contributed by atoms with Crippen molar-refractivity contribution in [2.45, 2.75) is 72.2 Å². The number of tetrazole rings is 1. The Kier molecular flexibility index (Phi) is 7.92. The van der Waals surface area contributed by atoms with Gasteiger partial charge < -0.3 is 14.5 Å². The molecule has 3 heterocycles. The second-order valence-corrected chi connectivity index (χ2v) is 9.16. The number of hydrogen-bond donors (Lipinski definition) is 1. The van der Waals surface area contributed by atoms with Crippen LogP contribution in [0.15, 0.2) is 23.0 Å². The normalized spacial score (nSPS) is 16.8. The Morgan fingerprint density at radius 2 is 2.14 bits per heavy atom. The molecule has 0 radical (unpaired) electrons. The van der Waals surface area contributed by atoms with Crippen molar-refractivity contribution in [1.29, 1.82) is 0 Å². The van der Waals surface area contributed by atoms with Gasteiger partial charge in [-0.2, -0.15) is 0 Å². The standard InChI is InChI=1S/C25H34N6O4/c1-5-21(24-27-28-29-31(24)15-22(32)34-6-2)30(14-20-8-7-9-35-20)13-19-12-18-11-16(3)10-17(4)23(18)26-25(19)33/h10-12,20-21H,5-9,13-15H2,1-4H3,(H,26,33)/t20-,21-/m1/s1. The van der Waals surface area contributed by atoms with Crippen LogP contribution in [0.2, 0.25) is 0 Å². The number of ether oxygens (including phenoxy) is 2. The van der Waals surface area contributed by atoms with Crippen molar-refractivity contribution in [1.82, 2.24) is 30.1 Å². The maximum absolute atomic E-state index is 13.1. The van der Waals surface area contributed by atoms with E-state index in [1.165, 1.54) is 4.68 Å². The van der Waals surface area contributed by atoms with Gasteiger partial charge in [-0.3, -0.25) is 14.5 Å². The maximum Gasteiger partial charge on any atom is 0.327 e. The van der Waals surface area contributed by atoms with Crippen molar-refractivity contribution in [3.63, 3.8) is 0 Å². The first-order valence-electron chi connectivity index (χ1n) is 12.3. The number of fused-ring (bicyclic) bond motifs is 1. The van der Waals surface area contributed by atoms with Gasteiger partial charge in [0.2, 0.25) is 0 Å². The Morgan fingerprint density at radius 3 is 2.86 bits per heavy atom. The van der Waals surface area contributed by atoms with Gasteiger partial charge in [-0.15, -0.1) is 5.10 Å². The molecule has 2 aromatic heterocycles. The molecule has 1 aliphatic heterocycles. The van der Waals surface area contributed by atoms with Crippen molar-refractivity contribution in [2.75, 3.05) is 19.8 Å². The monoisotopic (exact) mass is 482 g/mol. The number of aromatic nitrogens is 5. The number of nitrogens with zero attached hydrogens (tertiary/aromatic N) is 5. The molecule has 0 amide bonds. The number of carbonyl (C=O) groups excluding carboxylic acids is 1. The van der Waals surface area contributed by atoms with E-state index < -0.39 is 5.97 Å². The summed E-state index contributed by atoms with van der Waals surface area (Å²) in [5.74, 6) is 0.181. The van der Waals surface area contributed by atoms with Crippen LogP contribution in [0.1, 0.15) is 61.7 Å². The van der Waals surface area contributed by atoms with Gasteiger partial charge in [0.1, 0.15) is 6.54 Å². The van der Waals surface area contributed by atoms with Crippen LogP contribution in [-0.2, 0) is 27.4 Å². The third-order valence-corrected chi connectivity index (χ3v) is 6.48. The highest BCUT2D eigenvalue weighted by molar-refractivity contribution is 5.82. The molecule has 0 unspecified atom stereocenters. The quantitative estimate of drug-likeness (QED) is 0.439. The summed E-state index contributed by atoms with van der Waals surface area (Å²) in [6.07, 6.45) is 2.75. The van der Waals surface area contributed by atoms with E-state index in [4.69, 9.17) is 9.47 Å². The summed E-state index contributed by atoms with van der Waals surface area (Å²) in [5.41, 5.74) is 3.62. The van der Waals surface area contributed by atoms with Crippen molar-refractivity contribution >= 4 is 16.9 Å². The summed E-state index contributed by atoms with van der Waals surface area (Å²) in [6, 6.07) is 5.92. The van der Waals surface area contributed by atoms with E-state index in [9.17, 15) is 9.59 Å². The lowest BCUT2D eigenvalue weighted by Crippen LogP contribution is -2.38. The van der Waals surface area contributed by atoms with Gasteiger partial charge in [-0.05, 0) is 73.5 Å². The Morgan fingerprint density at radius 1 is 1.31 bits per heavy atom. The zero-order valence-electron chi connectivity index (χ0n) is 20.9. The average Bonchev–Trinajstić information content (AvgIpc) is 3.48. The number of esters is 1. The Bertz CT molecular complexity index is 1230. The van der Waals surface area contributed by atoms with Crippen LogP contribution in [-0.4, -0.2) is 61.9 Å². The fraction of sp³-hybridized carbons (Fsp3) is 0.560. The van der Waals surface area contributed by atoms with Gasteiger partial charge in [0.05, 0.1) is 24.3 Å². The molecule has 0 bridgehead atoms. The molecule has 1 saturated heterocycles. The molecule has 0 saturated carbocycles. The topological polar surface area (TPSA) is 115 Å². The van der Waals surface area contributed by atoms with Crippen LogP contribution in [0.5, 0.6) is 0 Å². The molecule has 1 fully saturated rings. The van der Waals surface area contributed by atoms with Crippen molar-refractivity contribution in [3.05, 3.63) is 51.1 Å². The fourth-order valence-corrected chi connectivity index (χ4v) is 4.92. The Balaban J connectivity index is 1.68. The van der Waals surface area contributed by atoms with Crippen LogP contribution in [0.25, 0.3) is 10.9 Å². The van der Waals surface area contributed by atoms with Crippen molar-refractivity contribution in [2.24, 2.45) is 0 Å². The molecule has 1 N–H and O–H groups in total. The van der Waals surface area contributed by atoms with E-state index in [2.05, 4.69) is 44.5 Å². The summed E-state index contributed by atoms with van der Waals surface area (Å²) in [6.45, 7) is 9.89. The molecule has 0 spiro atoms. The molecule has 3 aromatic rings. The first kappa shape index (κ1) is 25.0. The number of aryl methyl sites for hydroxylation is 2. The molecule has 1 aromatic carbocycles. The SMILES string of the molecule is CCOC(=O)Cn1nnnc1[C@@H](CC)N(Cc1cc2cc(C)cc(C)c2[nH]c1=O)C[C@H]1CCCO1. The number of carbonyl (C=O) groups is 1. The number of aromatic amines is 1. The first-order chi connectivity index (χ1) is 16.9. The van der Waals surface area contributed by atoms with E-state index >= 15 is 0 Å². The molecule has 35 heavy (non-hydrogen) atoms. The lowest BCUT2D eigenvalue weighted by Gasteiger charge is -2.32. The lowest BCUT2D eigenvalue weighted by atomic mass is 10.0. The van der Waals surface area contributed by atoms with Gasteiger partial charge in [-0.1, -0.05) is 18.6 Å². The number of nitrogens with one attached hydrogen (secondary N) is 1. The second kappa shape index (κ2) is 11.1. The van der Waals surface area contributed by atoms with Crippen LogP contribution < -0.4 is 5.56 Å². The number of H-pyrrole nitrogens is 1. The molecule has 4 rings (SSSR count). The van der Waals surface area contributed by atoms with Crippen LogP contribution in [0, 0.1) is 13.8 Å². The average molecular weight is 483 g/mol. The molecular formula is C25H34N6O4. The zero-order valence-corrected chi connectivity index (χ0v) is 20.9. The maximum atomic E-state index is 13.1. The lowest BCUT2D eigenvalue weighted by molar-refractivity contribution is -0.144. The highest BCUT2D eigenvalue weighted by Crippen LogP contribution is 2.27. The van der Waals surface area contributed by atoms with Gasteiger partial charge in [0.15, 0.2) is 5.82 Å². The number of benzene rings is 1. The minimum atomic E-state index is -0.390. The highest BCUT2D eigenvalue weighted by Gasteiger charge is 2.30. The molecule has 10 heteroatoms. The zero-order chi connectivity index (χ0) is 24.9. The Labute approximate surface area is 204 Å². The summed E-state index contributed by atoms with van der Waals surface area (Å²) >= 11 is 0. The van der Waals surface area contributed by atoms with Gasteiger partial charge in [-0.25, -0.2) is 4.68 Å². The smallest absolute Gasteiger partial charge is 0.327 e. The van der Waals surface area contributed by atoms with E-state index in [1.54, 1.807) is 6.92 Å². The van der Waals surface area contributed by atoms with Gasteiger partial charge in [0.25, 0.3) is 5.56 Å². The largest absolute Gasteiger partial charge is 0.465 e. The van der Waals surface area contributed by atoms with Crippen LogP contribution >= 0.6 is 0 Å². The molecule has 10 nitrogen and oxygen atoms in total. The first-order valence-corrected chi connectivity index (χ1v) is 12.3. The minimum absolute atomic E-state index is 0.0600. The van der Waals surface area contributed by atoms with E-state index in [0.29, 0.717) is 37.5 Å². The summed E-state index contributed by atoms with van der Waals surface area (Å²) < 4.78 is 12.5. The second-order valence-electron chi connectivity index (χ2n) is 9.16. The molecule has 0 aliphatic carbocycles. The summed E-state index contributed by atoms with van der Waals surface area (Å²) in [5, 5.41) is 13.1. The summed E-state index contributed by atoms with van der Waals surface area (Å²) in [7, 11) is 0. The van der Waals surface area contributed by atoms with Crippen molar-refractivity contribution in [3.8, 4) is 0 Å². The number of rotatable bonds is 10.